The first-order chi connectivity index (χ1) is 12.7. The second-order valence-corrected chi connectivity index (χ2v) is 8.85. The van der Waals surface area contributed by atoms with Crippen LogP contribution < -0.4 is 4.72 Å². The molecule has 1 unspecified atom stereocenters. The lowest BCUT2D eigenvalue weighted by Gasteiger charge is -2.18. The third kappa shape index (κ3) is 4.78. The van der Waals surface area contributed by atoms with E-state index in [9.17, 15) is 17.6 Å². The van der Waals surface area contributed by atoms with Gasteiger partial charge in [-0.2, -0.15) is 0 Å². The summed E-state index contributed by atoms with van der Waals surface area (Å²) in [6, 6.07) is 10.0. The topological polar surface area (TPSA) is 66.5 Å². The maximum atomic E-state index is 13.3. The second kappa shape index (κ2) is 7.86. The number of nitrogens with zero attached hydrogens (tertiary/aromatic N) is 1. The van der Waals surface area contributed by atoms with Gasteiger partial charge in [-0.05, 0) is 67.1 Å². The lowest BCUT2D eigenvalue weighted by molar-refractivity contribution is 0.213. The Hall–Kier alpha value is -2.12. The monoisotopic (exact) mass is 410 g/mol. The molecule has 2 aromatic rings. The number of amides is 2. The van der Waals surface area contributed by atoms with Gasteiger partial charge >= 0.3 is 6.03 Å². The molecule has 2 aromatic carbocycles. The molecule has 3 rings (SSSR count). The van der Waals surface area contributed by atoms with Gasteiger partial charge in [-0.25, -0.2) is 22.3 Å². The number of urea groups is 1. The first-order valence-corrected chi connectivity index (χ1v) is 10.4. The van der Waals surface area contributed by atoms with Gasteiger partial charge in [-0.1, -0.05) is 23.7 Å². The summed E-state index contributed by atoms with van der Waals surface area (Å²) in [6.45, 7) is 2.58. The van der Waals surface area contributed by atoms with Gasteiger partial charge in [0.2, 0.25) is 0 Å². The van der Waals surface area contributed by atoms with Gasteiger partial charge in [0.25, 0.3) is 10.0 Å². The van der Waals surface area contributed by atoms with E-state index in [1.54, 1.807) is 13.0 Å². The lowest BCUT2D eigenvalue weighted by atomic mass is 9.99. The molecule has 8 heteroatoms. The Labute approximate surface area is 163 Å². The minimum atomic E-state index is -3.97. The lowest BCUT2D eigenvalue weighted by Crippen LogP contribution is -2.41. The molecule has 1 fully saturated rings. The van der Waals surface area contributed by atoms with Crippen molar-refractivity contribution in [1.82, 2.24) is 9.62 Å². The zero-order chi connectivity index (χ0) is 19.6. The van der Waals surface area contributed by atoms with E-state index in [4.69, 9.17) is 11.6 Å². The largest absolute Gasteiger partial charge is 0.331 e. The molecule has 1 aliphatic rings. The molecule has 1 heterocycles. The molecule has 0 aromatic heterocycles. The Morgan fingerprint density at radius 2 is 2.07 bits per heavy atom. The highest BCUT2D eigenvalue weighted by Crippen LogP contribution is 2.23. The Bertz CT molecular complexity index is 965. The summed E-state index contributed by atoms with van der Waals surface area (Å²) in [5.74, 6) is -0.123. The molecule has 27 heavy (non-hydrogen) atoms. The first-order valence-electron chi connectivity index (χ1n) is 8.57. The summed E-state index contributed by atoms with van der Waals surface area (Å²) in [4.78, 5) is 13.9. The molecule has 1 N–H and O–H groups in total. The molecule has 0 radical (unpaired) electrons. The van der Waals surface area contributed by atoms with Crippen molar-refractivity contribution in [2.75, 3.05) is 13.1 Å². The SMILES string of the molecule is Cc1cc(S(=O)(=O)NC(=O)N2CCC(Cc3cccc(F)c3)C2)ccc1Cl. The van der Waals surface area contributed by atoms with Crippen LogP contribution in [0.25, 0.3) is 0 Å². The van der Waals surface area contributed by atoms with Crippen LogP contribution in [0.2, 0.25) is 5.02 Å². The number of benzene rings is 2. The van der Waals surface area contributed by atoms with Gasteiger partial charge in [-0.15, -0.1) is 0 Å². The number of hydrogen-bond donors (Lipinski definition) is 1. The van der Waals surface area contributed by atoms with Crippen molar-refractivity contribution in [3.8, 4) is 0 Å². The van der Waals surface area contributed by atoms with Crippen LogP contribution >= 0.6 is 11.6 Å². The van der Waals surface area contributed by atoms with Crippen LogP contribution in [-0.4, -0.2) is 32.4 Å². The third-order valence-electron chi connectivity index (χ3n) is 4.65. The summed E-state index contributed by atoms with van der Waals surface area (Å²) < 4.78 is 40.3. The van der Waals surface area contributed by atoms with Crippen LogP contribution in [0.5, 0.6) is 0 Å². The molecule has 0 bridgehead atoms. The van der Waals surface area contributed by atoms with Gasteiger partial charge in [-0.3, -0.25) is 0 Å². The quantitative estimate of drug-likeness (QED) is 0.834. The smallest absolute Gasteiger partial charge is 0.324 e. The van der Waals surface area contributed by atoms with Crippen LogP contribution in [0.3, 0.4) is 0 Å². The van der Waals surface area contributed by atoms with Crippen LogP contribution in [0.4, 0.5) is 9.18 Å². The van der Waals surface area contributed by atoms with Crippen molar-refractivity contribution >= 4 is 27.7 Å². The summed E-state index contributed by atoms with van der Waals surface area (Å²) in [5.41, 5.74) is 1.48. The van der Waals surface area contributed by atoms with Crippen molar-refractivity contribution in [2.45, 2.75) is 24.7 Å². The van der Waals surface area contributed by atoms with Gasteiger partial charge in [0.15, 0.2) is 0 Å². The number of nitrogens with one attached hydrogen (secondary N) is 1. The molecule has 1 saturated heterocycles. The number of sulfonamides is 1. The molecular formula is C19H20ClFN2O3S. The van der Waals surface area contributed by atoms with Crippen molar-refractivity contribution in [2.24, 2.45) is 5.92 Å². The molecule has 0 spiro atoms. The average Bonchev–Trinajstić information content (AvgIpc) is 3.05. The van der Waals surface area contributed by atoms with E-state index in [1.807, 2.05) is 6.07 Å². The van der Waals surface area contributed by atoms with E-state index in [0.29, 0.717) is 30.1 Å². The number of rotatable bonds is 4. The molecule has 1 atom stereocenters. The molecule has 5 nitrogen and oxygen atoms in total. The Kier molecular flexibility index (Phi) is 5.72. The van der Waals surface area contributed by atoms with Gasteiger partial charge in [0.05, 0.1) is 4.90 Å². The van der Waals surface area contributed by atoms with Crippen LogP contribution in [0.1, 0.15) is 17.5 Å². The van der Waals surface area contributed by atoms with Crippen molar-refractivity contribution in [3.05, 3.63) is 64.4 Å². The number of hydrogen-bond acceptors (Lipinski definition) is 3. The highest BCUT2D eigenvalue weighted by atomic mass is 35.5. The summed E-state index contributed by atoms with van der Waals surface area (Å²) in [7, 11) is -3.97. The number of likely N-dealkylation sites (tertiary alicyclic amines) is 1. The van der Waals surface area contributed by atoms with Crippen molar-refractivity contribution in [3.63, 3.8) is 0 Å². The molecule has 2 amide bonds. The number of halogens is 2. The summed E-state index contributed by atoms with van der Waals surface area (Å²) in [5, 5.41) is 0.458. The molecule has 0 aliphatic carbocycles. The van der Waals surface area contributed by atoms with Crippen LogP contribution in [-0.2, 0) is 16.4 Å². The van der Waals surface area contributed by atoms with E-state index in [-0.39, 0.29) is 16.6 Å². The molecular weight excluding hydrogens is 391 g/mol. The first kappa shape index (κ1) is 19.6. The summed E-state index contributed by atoms with van der Waals surface area (Å²) >= 11 is 5.92. The average molecular weight is 411 g/mol. The van der Waals surface area contributed by atoms with Crippen molar-refractivity contribution in [1.29, 1.82) is 0 Å². The van der Waals surface area contributed by atoms with E-state index in [0.717, 1.165) is 12.0 Å². The van der Waals surface area contributed by atoms with Gasteiger partial charge in [0, 0.05) is 18.1 Å². The Balaban J connectivity index is 1.62. The van der Waals surface area contributed by atoms with Crippen LogP contribution in [0.15, 0.2) is 47.4 Å². The van der Waals surface area contributed by atoms with E-state index < -0.39 is 16.1 Å². The fourth-order valence-corrected chi connectivity index (χ4v) is 4.38. The maximum absolute atomic E-state index is 13.3. The zero-order valence-electron chi connectivity index (χ0n) is 14.8. The van der Waals surface area contributed by atoms with E-state index >= 15 is 0 Å². The predicted molar refractivity (Wildman–Crippen MR) is 102 cm³/mol. The fraction of sp³-hybridized carbons (Fsp3) is 0.316. The van der Waals surface area contributed by atoms with Crippen molar-refractivity contribution < 1.29 is 17.6 Å². The normalized spacial score (nSPS) is 17.1. The zero-order valence-corrected chi connectivity index (χ0v) is 16.4. The Morgan fingerprint density at radius 3 is 2.78 bits per heavy atom. The standard InChI is InChI=1S/C19H20ClFN2O3S/c1-13-9-17(5-6-18(13)20)27(25,26)22-19(24)23-8-7-15(12-23)10-14-3-2-4-16(21)11-14/h2-6,9,11,15H,7-8,10,12H2,1H3,(H,22,24). The second-order valence-electron chi connectivity index (χ2n) is 6.76. The van der Waals surface area contributed by atoms with E-state index in [1.165, 1.54) is 35.2 Å². The number of aryl methyl sites for hydroxylation is 1. The molecule has 144 valence electrons. The maximum Gasteiger partial charge on any atom is 0.331 e. The molecule has 1 aliphatic heterocycles. The number of carbonyl (C=O) groups is 1. The number of carbonyl (C=O) groups excluding carboxylic acids is 1. The minimum Gasteiger partial charge on any atom is -0.324 e. The third-order valence-corrected chi connectivity index (χ3v) is 6.39. The van der Waals surface area contributed by atoms with Gasteiger partial charge < -0.3 is 4.90 Å². The minimum absolute atomic E-state index is 0.00624. The highest BCUT2D eigenvalue weighted by Gasteiger charge is 2.29. The van der Waals surface area contributed by atoms with E-state index in [2.05, 4.69) is 4.72 Å². The summed E-state index contributed by atoms with van der Waals surface area (Å²) in [6.07, 6.45) is 1.38. The highest BCUT2D eigenvalue weighted by molar-refractivity contribution is 7.90. The van der Waals surface area contributed by atoms with Gasteiger partial charge in [0.1, 0.15) is 5.82 Å². The fourth-order valence-electron chi connectivity index (χ4n) is 3.20. The predicted octanol–water partition coefficient (Wildman–Crippen LogP) is 3.75. The van der Waals surface area contributed by atoms with Crippen LogP contribution in [0, 0.1) is 18.7 Å². The molecule has 0 saturated carbocycles. The Morgan fingerprint density at radius 1 is 1.30 bits per heavy atom.